The molecule has 0 bridgehead atoms. The molecule has 0 atom stereocenters. The Labute approximate surface area is 113 Å². The summed E-state index contributed by atoms with van der Waals surface area (Å²) in [6.07, 6.45) is 2.75. The molecule has 0 heterocycles. The Morgan fingerprint density at radius 1 is 1.37 bits per heavy atom. The van der Waals surface area contributed by atoms with Crippen LogP contribution in [0.5, 0.6) is 5.75 Å². The van der Waals surface area contributed by atoms with Crippen LogP contribution in [0.25, 0.3) is 0 Å². The second-order valence-corrected chi connectivity index (χ2v) is 4.39. The monoisotopic (exact) mass is 268 g/mol. The lowest BCUT2D eigenvalue weighted by molar-refractivity contribution is 0.0784. The molecular formula is C14H21FN2O2. The second kappa shape index (κ2) is 7.74. The number of nitrogens with zero attached hydrogens (tertiary/aromatic N) is 1. The molecule has 0 spiro atoms. The van der Waals surface area contributed by atoms with Crippen molar-refractivity contribution in [2.75, 3.05) is 27.2 Å². The molecule has 2 N–H and O–H groups in total. The first-order valence-electron chi connectivity index (χ1n) is 6.39. The zero-order valence-corrected chi connectivity index (χ0v) is 11.5. The number of amides is 1. The van der Waals surface area contributed by atoms with Gasteiger partial charge in [-0.05, 0) is 31.5 Å². The van der Waals surface area contributed by atoms with Gasteiger partial charge in [-0.15, -0.1) is 0 Å². The minimum atomic E-state index is -0.557. The number of ether oxygens (including phenoxy) is 1. The molecule has 0 aromatic heterocycles. The Kier molecular flexibility index (Phi) is 6.29. The molecule has 1 rings (SSSR count). The number of hydrogen-bond donors (Lipinski definition) is 1. The quantitative estimate of drug-likeness (QED) is 0.770. The number of unbranched alkanes of at least 4 members (excludes halogenated alkanes) is 2. The molecule has 1 aromatic carbocycles. The molecule has 0 unspecified atom stereocenters. The van der Waals surface area contributed by atoms with E-state index >= 15 is 0 Å². The van der Waals surface area contributed by atoms with E-state index in [0.717, 1.165) is 19.3 Å². The lowest BCUT2D eigenvalue weighted by Crippen LogP contribution is -2.29. The van der Waals surface area contributed by atoms with Crippen molar-refractivity contribution in [3.05, 3.63) is 29.6 Å². The van der Waals surface area contributed by atoms with E-state index in [1.807, 2.05) is 0 Å². The summed E-state index contributed by atoms with van der Waals surface area (Å²) in [5, 5.41) is 0. The van der Waals surface area contributed by atoms with Crippen LogP contribution in [0.15, 0.2) is 18.2 Å². The lowest BCUT2D eigenvalue weighted by atomic mass is 10.1. The molecule has 1 amide bonds. The molecule has 0 radical (unpaired) electrons. The minimum Gasteiger partial charge on any atom is -0.496 e. The van der Waals surface area contributed by atoms with E-state index in [-0.39, 0.29) is 17.2 Å². The number of carbonyl (C=O) groups is 1. The van der Waals surface area contributed by atoms with Crippen LogP contribution in [0.3, 0.4) is 0 Å². The number of rotatable bonds is 7. The second-order valence-electron chi connectivity index (χ2n) is 4.39. The first kappa shape index (κ1) is 15.4. The van der Waals surface area contributed by atoms with E-state index < -0.39 is 5.82 Å². The topological polar surface area (TPSA) is 55.6 Å². The maximum Gasteiger partial charge on any atom is 0.260 e. The van der Waals surface area contributed by atoms with Gasteiger partial charge in [-0.3, -0.25) is 4.79 Å². The molecule has 19 heavy (non-hydrogen) atoms. The van der Waals surface area contributed by atoms with Crippen molar-refractivity contribution in [3.63, 3.8) is 0 Å². The van der Waals surface area contributed by atoms with Crippen molar-refractivity contribution in [1.82, 2.24) is 4.90 Å². The van der Waals surface area contributed by atoms with Crippen LogP contribution in [0.2, 0.25) is 0 Å². The predicted molar refractivity (Wildman–Crippen MR) is 72.8 cm³/mol. The fraction of sp³-hybridized carbons (Fsp3) is 0.500. The van der Waals surface area contributed by atoms with Crippen LogP contribution in [-0.4, -0.2) is 38.1 Å². The predicted octanol–water partition coefficient (Wildman–Crippen LogP) is 2.04. The first-order valence-corrected chi connectivity index (χ1v) is 6.39. The Balaban J connectivity index is 2.71. The third kappa shape index (κ3) is 4.21. The SMILES string of the molecule is COc1cccc(F)c1C(=O)N(C)CCCCCN. The largest absolute Gasteiger partial charge is 0.496 e. The summed E-state index contributed by atoms with van der Waals surface area (Å²) in [7, 11) is 3.09. The summed E-state index contributed by atoms with van der Waals surface area (Å²) in [5.41, 5.74) is 5.40. The summed E-state index contributed by atoms with van der Waals surface area (Å²) in [6, 6.07) is 4.36. The van der Waals surface area contributed by atoms with Gasteiger partial charge in [0.1, 0.15) is 17.1 Å². The van der Waals surface area contributed by atoms with Gasteiger partial charge in [0.15, 0.2) is 0 Å². The summed E-state index contributed by atoms with van der Waals surface area (Å²) in [5.74, 6) is -0.653. The molecule has 106 valence electrons. The average Bonchev–Trinajstić information content (AvgIpc) is 2.42. The number of methoxy groups -OCH3 is 1. The molecule has 0 aliphatic heterocycles. The van der Waals surface area contributed by atoms with E-state index in [2.05, 4.69) is 0 Å². The van der Waals surface area contributed by atoms with Gasteiger partial charge in [-0.2, -0.15) is 0 Å². The van der Waals surface area contributed by atoms with Crippen molar-refractivity contribution in [1.29, 1.82) is 0 Å². The molecule has 5 heteroatoms. The summed E-state index contributed by atoms with van der Waals surface area (Å²) >= 11 is 0. The van der Waals surface area contributed by atoms with Crippen molar-refractivity contribution < 1.29 is 13.9 Å². The highest BCUT2D eigenvalue weighted by Gasteiger charge is 2.20. The number of hydrogen-bond acceptors (Lipinski definition) is 3. The normalized spacial score (nSPS) is 10.3. The van der Waals surface area contributed by atoms with Crippen molar-refractivity contribution in [2.45, 2.75) is 19.3 Å². The van der Waals surface area contributed by atoms with Gasteiger partial charge in [0.25, 0.3) is 5.91 Å². The number of benzene rings is 1. The fourth-order valence-electron chi connectivity index (χ4n) is 1.84. The van der Waals surface area contributed by atoms with Crippen LogP contribution in [0.4, 0.5) is 4.39 Å². The standard InChI is InChI=1S/C14H21FN2O2/c1-17(10-5-3-4-9-16)14(18)13-11(15)7-6-8-12(13)19-2/h6-8H,3-5,9-10,16H2,1-2H3. The third-order valence-electron chi connectivity index (χ3n) is 2.95. The third-order valence-corrected chi connectivity index (χ3v) is 2.95. The summed E-state index contributed by atoms with van der Waals surface area (Å²) < 4.78 is 18.8. The highest BCUT2D eigenvalue weighted by molar-refractivity contribution is 5.97. The van der Waals surface area contributed by atoms with E-state index in [1.165, 1.54) is 24.1 Å². The van der Waals surface area contributed by atoms with Gasteiger partial charge in [0, 0.05) is 13.6 Å². The smallest absolute Gasteiger partial charge is 0.260 e. The minimum absolute atomic E-state index is 0.00803. The van der Waals surface area contributed by atoms with E-state index in [9.17, 15) is 9.18 Å². The Morgan fingerprint density at radius 2 is 2.11 bits per heavy atom. The van der Waals surface area contributed by atoms with Crippen LogP contribution >= 0.6 is 0 Å². The maximum atomic E-state index is 13.7. The summed E-state index contributed by atoms with van der Waals surface area (Å²) in [4.78, 5) is 13.7. The van der Waals surface area contributed by atoms with Gasteiger partial charge >= 0.3 is 0 Å². The Morgan fingerprint density at radius 3 is 2.74 bits per heavy atom. The maximum absolute atomic E-state index is 13.7. The molecule has 4 nitrogen and oxygen atoms in total. The number of carbonyl (C=O) groups excluding carboxylic acids is 1. The summed E-state index contributed by atoms with van der Waals surface area (Å²) in [6.45, 7) is 1.23. The molecule has 0 aliphatic rings. The fourth-order valence-corrected chi connectivity index (χ4v) is 1.84. The van der Waals surface area contributed by atoms with Gasteiger partial charge in [0.2, 0.25) is 0 Å². The van der Waals surface area contributed by atoms with Crippen molar-refractivity contribution >= 4 is 5.91 Å². The molecule has 0 saturated carbocycles. The van der Waals surface area contributed by atoms with Gasteiger partial charge in [-0.1, -0.05) is 12.5 Å². The van der Waals surface area contributed by atoms with Crippen LogP contribution in [0.1, 0.15) is 29.6 Å². The Hall–Kier alpha value is -1.62. The van der Waals surface area contributed by atoms with Crippen LogP contribution < -0.4 is 10.5 Å². The van der Waals surface area contributed by atoms with Crippen molar-refractivity contribution in [2.24, 2.45) is 5.73 Å². The van der Waals surface area contributed by atoms with Crippen LogP contribution in [0, 0.1) is 5.82 Å². The van der Waals surface area contributed by atoms with Crippen molar-refractivity contribution in [3.8, 4) is 5.75 Å². The van der Waals surface area contributed by atoms with E-state index in [4.69, 9.17) is 10.5 Å². The average molecular weight is 268 g/mol. The van der Waals surface area contributed by atoms with Gasteiger partial charge < -0.3 is 15.4 Å². The van der Waals surface area contributed by atoms with E-state index in [0.29, 0.717) is 13.1 Å². The molecule has 1 aromatic rings. The molecule has 0 fully saturated rings. The molecule has 0 aliphatic carbocycles. The van der Waals surface area contributed by atoms with Gasteiger partial charge in [0.05, 0.1) is 7.11 Å². The number of nitrogens with two attached hydrogens (primary N) is 1. The zero-order chi connectivity index (χ0) is 14.3. The lowest BCUT2D eigenvalue weighted by Gasteiger charge is -2.19. The van der Waals surface area contributed by atoms with Crippen LogP contribution in [-0.2, 0) is 0 Å². The number of halogens is 1. The zero-order valence-electron chi connectivity index (χ0n) is 11.5. The molecule has 0 saturated heterocycles. The first-order chi connectivity index (χ1) is 9.11. The van der Waals surface area contributed by atoms with Gasteiger partial charge in [-0.25, -0.2) is 4.39 Å². The Bertz CT molecular complexity index is 424. The van der Waals surface area contributed by atoms with E-state index in [1.54, 1.807) is 13.1 Å². The highest BCUT2D eigenvalue weighted by atomic mass is 19.1. The highest BCUT2D eigenvalue weighted by Crippen LogP contribution is 2.22. The molecular weight excluding hydrogens is 247 g/mol.